The van der Waals surface area contributed by atoms with Gasteiger partial charge in [0.15, 0.2) is 5.69 Å². The van der Waals surface area contributed by atoms with Gasteiger partial charge in [-0.2, -0.15) is 0 Å². The zero-order valence-corrected chi connectivity index (χ0v) is 11.1. The Morgan fingerprint density at radius 2 is 2.35 bits per heavy atom. The van der Waals surface area contributed by atoms with E-state index in [9.17, 15) is 4.79 Å². The Balaban J connectivity index is 2.11. The van der Waals surface area contributed by atoms with Crippen LogP contribution in [0.25, 0.3) is 0 Å². The Morgan fingerprint density at radius 1 is 1.59 bits per heavy atom. The molecule has 1 aliphatic rings. The van der Waals surface area contributed by atoms with E-state index < -0.39 is 0 Å². The molecule has 0 aliphatic heterocycles. The van der Waals surface area contributed by atoms with Crippen LogP contribution < -0.4 is 5.32 Å². The summed E-state index contributed by atoms with van der Waals surface area (Å²) in [4.78, 5) is 15.8. The van der Waals surface area contributed by atoms with Crippen LogP contribution in [0.2, 0.25) is 0 Å². The number of nitrogens with one attached hydrogen (secondary N) is 1. The number of hydrogen-bond acceptors (Lipinski definition) is 5. The predicted octanol–water partition coefficient (Wildman–Crippen LogP) is 3.06. The molecule has 2 rings (SSSR count). The second kappa shape index (κ2) is 5.04. The number of rotatable bonds is 5. The lowest BCUT2D eigenvalue weighted by Crippen LogP contribution is -2.44. The first kappa shape index (κ1) is 12.4. The second-order valence-electron chi connectivity index (χ2n) is 4.36. The molecular formula is C12H18N2O2S. The molecule has 0 spiro atoms. The van der Waals surface area contributed by atoms with Crippen molar-refractivity contribution in [2.24, 2.45) is 0 Å². The van der Waals surface area contributed by atoms with Crippen LogP contribution in [-0.2, 0) is 4.74 Å². The van der Waals surface area contributed by atoms with E-state index in [0.29, 0.717) is 12.3 Å². The van der Waals surface area contributed by atoms with Gasteiger partial charge in [0.25, 0.3) is 0 Å². The van der Waals surface area contributed by atoms with Crippen molar-refractivity contribution in [3.63, 3.8) is 0 Å². The van der Waals surface area contributed by atoms with Gasteiger partial charge in [0.1, 0.15) is 5.00 Å². The van der Waals surface area contributed by atoms with Crippen LogP contribution in [0.1, 0.15) is 50.0 Å². The second-order valence-corrected chi connectivity index (χ2v) is 5.22. The van der Waals surface area contributed by atoms with Crippen molar-refractivity contribution in [3.8, 4) is 0 Å². The summed E-state index contributed by atoms with van der Waals surface area (Å²) in [5, 5.41) is 4.34. The fraction of sp³-hybridized carbons (Fsp3) is 0.667. The minimum atomic E-state index is -0.332. The Kier molecular flexibility index (Phi) is 3.66. The number of ether oxygens (including phenoxy) is 1. The van der Waals surface area contributed by atoms with Gasteiger partial charge in [-0.25, -0.2) is 9.78 Å². The quantitative estimate of drug-likeness (QED) is 0.820. The Hall–Kier alpha value is -1.10. The van der Waals surface area contributed by atoms with Crippen molar-refractivity contribution in [1.29, 1.82) is 0 Å². The summed E-state index contributed by atoms with van der Waals surface area (Å²) >= 11 is 1.47. The average Bonchev–Trinajstić information content (AvgIpc) is 2.71. The molecule has 94 valence electrons. The lowest BCUT2D eigenvalue weighted by Gasteiger charge is -2.42. The molecule has 0 saturated heterocycles. The van der Waals surface area contributed by atoms with Crippen LogP contribution in [0.15, 0.2) is 5.51 Å². The number of aromatic nitrogens is 1. The molecule has 0 amide bonds. The molecule has 1 heterocycles. The highest BCUT2D eigenvalue weighted by molar-refractivity contribution is 7.14. The van der Waals surface area contributed by atoms with Crippen LogP contribution in [-0.4, -0.2) is 23.1 Å². The number of nitrogens with zero attached hydrogens (tertiary/aromatic N) is 1. The Labute approximate surface area is 105 Å². The summed E-state index contributed by atoms with van der Waals surface area (Å²) in [7, 11) is 0. The first-order valence-electron chi connectivity index (χ1n) is 6.09. The normalized spacial score (nSPS) is 17.3. The molecule has 0 radical (unpaired) electrons. The van der Waals surface area contributed by atoms with E-state index in [4.69, 9.17) is 4.74 Å². The van der Waals surface area contributed by atoms with Gasteiger partial charge >= 0.3 is 5.97 Å². The number of anilines is 1. The Morgan fingerprint density at radius 3 is 2.88 bits per heavy atom. The molecule has 4 nitrogen and oxygen atoms in total. The van der Waals surface area contributed by atoms with Crippen molar-refractivity contribution >= 4 is 22.3 Å². The molecule has 1 N–H and O–H groups in total. The standard InChI is InChI=1S/C12H18N2O2S/c1-3-12(6-5-7-12)14-10-9(13-8-17-10)11(15)16-4-2/h8,14H,3-7H2,1-2H3. The third kappa shape index (κ3) is 2.44. The van der Waals surface area contributed by atoms with Gasteiger partial charge in [0, 0.05) is 5.54 Å². The minimum Gasteiger partial charge on any atom is -0.461 e. The topological polar surface area (TPSA) is 51.2 Å². The molecule has 1 fully saturated rings. The van der Waals surface area contributed by atoms with Crippen molar-refractivity contribution in [2.45, 2.75) is 45.1 Å². The number of esters is 1. The Bertz CT molecular complexity index is 393. The number of carbonyl (C=O) groups excluding carboxylic acids is 1. The summed E-state index contributed by atoms with van der Waals surface area (Å²) in [6.45, 7) is 4.36. The number of hydrogen-bond donors (Lipinski definition) is 1. The zero-order chi connectivity index (χ0) is 12.3. The molecule has 17 heavy (non-hydrogen) atoms. The highest BCUT2D eigenvalue weighted by Crippen LogP contribution is 2.39. The van der Waals surface area contributed by atoms with Crippen molar-refractivity contribution in [1.82, 2.24) is 4.98 Å². The first-order valence-corrected chi connectivity index (χ1v) is 6.97. The maximum Gasteiger partial charge on any atom is 0.360 e. The third-order valence-electron chi connectivity index (χ3n) is 3.40. The van der Waals surface area contributed by atoms with E-state index >= 15 is 0 Å². The molecule has 1 aromatic rings. The molecule has 0 bridgehead atoms. The van der Waals surface area contributed by atoms with Crippen LogP contribution >= 0.6 is 11.3 Å². The lowest BCUT2D eigenvalue weighted by atomic mass is 9.75. The lowest BCUT2D eigenvalue weighted by molar-refractivity contribution is 0.0521. The zero-order valence-electron chi connectivity index (χ0n) is 10.3. The van der Waals surface area contributed by atoms with Gasteiger partial charge in [-0.05, 0) is 32.6 Å². The predicted molar refractivity (Wildman–Crippen MR) is 68.6 cm³/mol. The summed E-state index contributed by atoms with van der Waals surface area (Å²) in [5.74, 6) is -0.332. The summed E-state index contributed by atoms with van der Waals surface area (Å²) in [6, 6.07) is 0. The van der Waals surface area contributed by atoms with E-state index in [-0.39, 0.29) is 11.5 Å². The van der Waals surface area contributed by atoms with Gasteiger partial charge < -0.3 is 10.1 Å². The van der Waals surface area contributed by atoms with Gasteiger partial charge in [-0.1, -0.05) is 6.92 Å². The van der Waals surface area contributed by atoms with Gasteiger partial charge in [0.2, 0.25) is 0 Å². The summed E-state index contributed by atoms with van der Waals surface area (Å²) < 4.78 is 4.99. The van der Waals surface area contributed by atoms with Gasteiger partial charge in [0.05, 0.1) is 12.1 Å². The highest BCUT2D eigenvalue weighted by Gasteiger charge is 2.36. The maximum absolute atomic E-state index is 11.7. The van der Waals surface area contributed by atoms with Crippen LogP contribution in [0.3, 0.4) is 0 Å². The highest BCUT2D eigenvalue weighted by atomic mass is 32.1. The number of thiazole rings is 1. The van der Waals surface area contributed by atoms with E-state index in [1.807, 2.05) is 0 Å². The molecule has 0 aromatic carbocycles. The summed E-state index contributed by atoms with van der Waals surface area (Å²) in [6.07, 6.45) is 4.68. The fourth-order valence-corrected chi connectivity index (χ4v) is 2.88. The van der Waals surface area contributed by atoms with Crippen LogP contribution in [0.4, 0.5) is 5.00 Å². The van der Waals surface area contributed by atoms with Crippen molar-refractivity contribution < 1.29 is 9.53 Å². The molecule has 1 aromatic heterocycles. The van der Waals surface area contributed by atoms with Gasteiger partial charge in [-0.15, -0.1) is 11.3 Å². The minimum absolute atomic E-state index is 0.174. The van der Waals surface area contributed by atoms with E-state index in [1.54, 1.807) is 12.4 Å². The van der Waals surface area contributed by atoms with Crippen molar-refractivity contribution in [2.75, 3.05) is 11.9 Å². The molecular weight excluding hydrogens is 236 g/mol. The third-order valence-corrected chi connectivity index (χ3v) is 4.14. The maximum atomic E-state index is 11.7. The largest absolute Gasteiger partial charge is 0.461 e. The van der Waals surface area contributed by atoms with E-state index in [1.165, 1.54) is 30.6 Å². The monoisotopic (exact) mass is 254 g/mol. The number of carbonyl (C=O) groups is 1. The van der Waals surface area contributed by atoms with Crippen molar-refractivity contribution in [3.05, 3.63) is 11.2 Å². The molecule has 1 saturated carbocycles. The van der Waals surface area contributed by atoms with Gasteiger partial charge in [-0.3, -0.25) is 0 Å². The molecule has 1 aliphatic carbocycles. The average molecular weight is 254 g/mol. The first-order chi connectivity index (χ1) is 8.21. The van der Waals surface area contributed by atoms with E-state index in [0.717, 1.165) is 11.4 Å². The summed E-state index contributed by atoms with van der Waals surface area (Å²) in [5.41, 5.74) is 2.29. The van der Waals surface area contributed by atoms with Crippen LogP contribution in [0.5, 0.6) is 0 Å². The fourth-order valence-electron chi connectivity index (χ4n) is 2.09. The smallest absolute Gasteiger partial charge is 0.360 e. The molecule has 0 unspecified atom stereocenters. The SMILES string of the molecule is CCOC(=O)c1ncsc1NC1(CC)CCC1. The van der Waals surface area contributed by atoms with E-state index in [2.05, 4.69) is 17.2 Å². The molecule has 5 heteroatoms. The molecule has 0 atom stereocenters. The van der Waals surface area contributed by atoms with Crippen LogP contribution in [0, 0.1) is 0 Å².